The fourth-order valence-electron chi connectivity index (χ4n) is 5.56. The van der Waals surface area contributed by atoms with Gasteiger partial charge in [-0.15, -0.1) is 0 Å². The summed E-state index contributed by atoms with van der Waals surface area (Å²) in [5, 5.41) is 34.1. The summed E-state index contributed by atoms with van der Waals surface area (Å²) >= 11 is 0. The number of nitrogens with one attached hydrogen (secondary N) is 1. The third kappa shape index (κ3) is 5.25. The molecule has 5 rings (SSSR count). The van der Waals surface area contributed by atoms with Crippen molar-refractivity contribution in [1.29, 1.82) is 0 Å². The van der Waals surface area contributed by atoms with Crippen LogP contribution in [0.25, 0.3) is 11.0 Å². The van der Waals surface area contributed by atoms with Crippen LogP contribution in [0.3, 0.4) is 0 Å². The molecule has 2 aromatic carbocycles. The standard InChI is InChI=1S/C30H32N2O10/c1-39-10-8-32(29(37)20-13-17-5-3-4-6-22(17)41-30(20)38)21-14-19(28(36)31-7-9-33)24-18-11-16(15-34)12-23(40-2)26(18)42-27(24)25(21)35/h3-6,11-14,21,24-25,27,33-35H,7-10,15H2,1-2H3,(H,31,36). The van der Waals surface area contributed by atoms with Crippen molar-refractivity contribution >= 4 is 22.8 Å². The van der Waals surface area contributed by atoms with Gasteiger partial charge in [0.15, 0.2) is 11.5 Å². The van der Waals surface area contributed by atoms with Crippen LogP contribution in [0.2, 0.25) is 0 Å². The highest BCUT2D eigenvalue weighted by Gasteiger charge is 2.51. The van der Waals surface area contributed by atoms with E-state index in [0.29, 0.717) is 33.6 Å². The number of carbonyl (C=O) groups excluding carboxylic acids is 2. The molecule has 3 aromatic rings. The quantitative estimate of drug-likeness (QED) is 0.251. The van der Waals surface area contributed by atoms with Crippen molar-refractivity contribution in [2.24, 2.45) is 0 Å². The molecular weight excluding hydrogens is 548 g/mol. The van der Waals surface area contributed by atoms with Gasteiger partial charge < -0.3 is 44.2 Å². The molecule has 222 valence electrons. The summed E-state index contributed by atoms with van der Waals surface area (Å²) in [5.41, 5.74) is 0.445. The minimum atomic E-state index is -1.35. The Kier molecular flexibility index (Phi) is 8.59. The lowest BCUT2D eigenvalue weighted by Crippen LogP contribution is -2.56. The van der Waals surface area contributed by atoms with E-state index in [2.05, 4.69) is 5.32 Å². The highest BCUT2D eigenvalue weighted by Crippen LogP contribution is 2.51. The van der Waals surface area contributed by atoms with Gasteiger partial charge in [0, 0.05) is 36.7 Å². The molecule has 1 aliphatic carbocycles. The molecule has 0 bridgehead atoms. The number of aliphatic hydroxyl groups excluding tert-OH is 3. The van der Waals surface area contributed by atoms with Crippen LogP contribution >= 0.6 is 0 Å². The number of amides is 2. The SMILES string of the molecule is COCCN(C(=O)c1cc2ccccc2oc1=O)C1C=C(C(=O)NCCO)C2c3cc(CO)cc(OC)c3OC2C1O. The number of hydrogen-bond acceptors (Lipinski definition) is 10. The van der Waals surface area contributed by atoms with E-state index in [0.717, 1.165) is 0 Å². The molecule has 12 heteroatoms. The van der Waals surface area contributed by atoms with E-state index in [1.807, 2.05) is 0 Å². The van der Waals surface area contributed by atoms with Crippen molar-refractivity contribution in [2.75, 3.05) is 40.5 Å². The maximum Gasteiger partial charge on any atom is 0.349 e. The highest BCUT2D eigenvalue weighted by molar-refractivity contribution is 5.98. The Morgan fingerprint density at radius 3 is 2.62 bits per heavy atom. The van der Waals surface area contributed by atoms with Crippen molar-refractivity contribution in [1.82, 2.24) is 10.2 Å². The fourth-order valence-corrected chi connectivity index (χ4v) is 5.56. The normalized spacial score (nSPS) is 20.7. The molecule has 2 aliphatic rings. The van der Waals surface area contributed by atoms with Gasteiger partial charge in [0.1, 0.15) is 23.4 Å². The van der Waals surface area contributed by atoms with Crippen LogP contribution in [-0.4, -0.2) is 90.8 Å². The largest absolute Gasteiger partial charge is 0.493 e. The summed E-state index contributed by atoms with van der Waals surface area (Å²) < 4.78 is 22.3. The summed E-state index contributed by atoms with van der Waals surface area (Å²) in [7, 11) is 2.89. The van der Waals surface area contributed by atoms with Gasteiger partial charge >= 0.3 is 5.63 Å². The number of aliphatic hydroxyl groups is 3. The molecule has 4 atom stereocenters. The predicted octanol–water partition coefficient (Wildman–Crippen LogP) is 0.705. The average molecular weight is 581 g/mol. The van der Waals surface area contributed by atoms with Crippen molar-refractivity contribution in [3.05, 3.63) is 81.2 Å². The van der Waals surface area contributed by atoms with Gasteiger partial charge in [-0.05, 0) is 35.9 Å². The molecule has 1 aromatic heterocycles. The van der Waals surface area contributed by atoms with E-state index >= 15 is 0 Å². The lowest BCUT2D eigenvalue weighted by molar-refractivity contribution is -0.118. The van der Waals surface area contributed by atoms with Crippen molar-refractivity contribution in [3.8, 4) is 11.5 Å². The number of hydrogen-bond donors (Lipinski definition) is 4. The molecule has 1 aliphatic heterocycles. The van der Waals surface area contributed by atoms with Gasteiger partial charge in [-0.2, -0.15) is 0 Å². The van der Waals surface area contributed by atoms with Gasteiger partial charge in [-0.1, -0.05) is 18.2 Å². The van der Waals surface area contributed by atoms with Crippen LogP contribution in [-0.2, 0) is 16.1 Å². The Hall–Kier alpha value is -4.23. The zero-order valence-electron chi connectivity index (χ0n) is 23.1. The van der Waals surface area contributed by atoms with Crippen molar-refractivity contribution < 1.29 is 43.5 Å². The van der Waals surface area contributed by atoms with E-state index < -0.39 is 41.6 Å². The molecular formula is C30H32N2O10. The number of benzene rings is 2. The maximum absolute atomic E-state index is 14.0. The lowest BCUT2D eigenvalue weighted by atomic mass is 9.77. The monoisotopic (exact) mass is 580 g/mol. The molecule has 2 amide bonds. The Morgan fingerprint density at radius 2 is 1.90 bits per heavy atom. The molecule has 0 saturated carbocycles. The van der Waals surface area contributed by atoms with Crippen LogP contribution in [0.1, 0.15) is 27.4 Å². The number of methoxy groups -OCH3 is 2. The van der Waals surface area contributed by atoms with Crippen LogP contribution < -0.4 is 20.4 Å². The average Bonchev–Trinajstić information content (AvgIpc) is 3.40. The van der Waals surface area contributed by atoms with Gasteiger partial charge in [-0.3, -0.25) is 9.59 Å². The smallest absolute Gasteiger partial charge is 0.349 e. The number of rotatable bonds is 10. The third-order valence-corrected chi connectivity index (χ3v) is 7.52. The number of nitrogens with zero attached hydrogens (tertiary/aromatic N) is 1. The Balaban J connectivity index is 1.62. The van der Waals surface area contributed by atoms with Crippen molar-refractivity contribution in [3.63, 3.8) is 0 Å². The minimum Gasteiger partial charge on any atom is -0.493 e. The molecule has 12 nitrogen and oxygen atoms in total. The van der Waals surface area contributed by atoms with Crippen LogP contribution in [0.5, 0.6) is 11.5 Å². The summed E-state index contributed by atoms with van der Waals surface area (Å²) in [6.07, 6.45) is -0.906. The summed E-state index contributed by atoms with van der Waals surface area (Å²) in [4.78, 5) is 41.6. The third-order valence-electron chi connectivity index (χ3n) is 7.52. The van der Waals surface area contributed by atoms with Crippen LogP contribution in [0.4, 0.5) is 0 Å². The number of para-hydroxylation sites is 1. The van der Waals surface area contributed by atoms with E-state index in [1.165, 1.54) is 31.3 Å². The number of fused-ring (bicyclic) bond motifs is 4. The van der Waals surface area contributed by atoms with E-state index in [9.17, 15) is 29.7 Å². The fraction of sp³-hybridized carbons (Fsp3) is 0.367. The first kappa shape index (κ1) is 29.3. The first-order valence-electron chi connectivity index (χ1n) is 13.4. The molecule has 4 unspecified atom stereocenters. The highest BCUT2D eigenvalue weighted by atomic mass is 16.5. The summed E-state index contributed by atoms with van der Waals surface area (Å²) in [6.45, 7) is -0.593. The van der Waals surface area contributed by atoms with Gasteiger partial charge in [0.25, 0.3) is 5.91 Å². The van der Waals surface area contributed by atoms with Gasteiger partial charge in [0.05, 0.1) is 38.9 Å². The molecule has 0 saturated heterocycles. The van der Waals surface area contributed by atoms with Crippen molar-refractivity contribution in [2.45, 2.75) is 30.8 Å². The Morgan fingerprint density at radius 1 is 1.12 bits per heavy atom. The van der Waals surface area contributed by atoms with E-state index in [4.69, 9.17) is 18.6 Å². The predicted molar refractivity (Wildman–Crippen MR) is 149 cm³/mol. The Labute approximate surface area is 240 Å². The zero-order chi connectivity index (χ0) is 30.0. The summed E-state index contributed by atoms with van der Waals surface area (Å²) in [5.74, 6) is -1.43. The second-order valence-electron chi connectivity index (χ2n) is 9.99. The molecule has 42 heavy (non-hydrogen) atoms. The Bertz CT molecular complexity index is 1580. The second kappa shape index (κ2) is 12.3. The molecule has 4 N–H and O–H groups in total. The minimum absolute atomic E-state index is 0.0288. The van der Waals surface area contributed by atoms with E-state index in [1.54, 1.807) is 36.4 Å². The number of carbonyl (C=O) groups is 2. The maximum atomic E-state index is 14.0. The first-order valence-corrected chi connectivity index (χ1v) is 13.4. The second-order valence-corrected chi connectivity index (χ2v) is 9.99. The van der Waals surface area contributed by atoms with Gasteiger partial charge in [0.2, 0.25) is 5.91 Å². The summed E-state index contributed by atoms with van der Waals surface area (Å²) in [6, 6.07) is 10.4. The lowest BCUT2D eigenvalue weighted by Gasteiger charge is -2.40. The zero-order valence-corrected chi connectivity index (χ0v) is 23.1. The van der Waals surface area contributed by atoms with Crippen LogP contribution in [0, 0.1) is 0 Å². The topological polar surface area (TPSA) is 168 Å². The molecule has 2 heterocycles. The first-order chi connectivity index (χ1) is 20.3. The molecule has 0 spiro atoms. The van der Waals surface area contributed by atoms with E-state index in [-0.39, 0.29) is 44.0 Å². The molecule has 0 fully saturated rings. The number of ether oxygens (including phenoxy) is 3. The van der Waals surface area contributed by atoms with Crippen LogP contribution in [0.15, 0.2) is 63.3 Å². The van der Waals surface area contributed by atoms with Gasteiger partial charge in [-0.25, -0.2) is 4.79 Å². The molecule has 0 radical (unpaired) electrons.